The van der Waals surface area contributed by atoms with E-state index in [-0.39, 0.29) is 0 Å². The van der Waals surface area contributed by atoms with Gasteiger partial charge in [-0.2, -0.15) is 0 Å². The first-order valence-electron chi connectivity index (χ1n) is 21.2. The van der Waals surface area contributed by atoms with Gasteiger partial charge in [0, 0.05) is 16.7 Å². The first kappa shape index (κ1) is 35.7. The summed E-state index contributed by atoms with van der Waals surface area (Å²) in [7, 11) is 0. The van der Waals surface area contributed by atoms with E-state index in [0.29, 0.717) is 5.82 Å². The van der Waals surface area contributed by atoms with E-state index in [2.05, 4.69) is 212 Å². The molecule has 1 heterocycles. The molecule has 0 amide bonds. The van der Waals surface area contributed by atoms with Crippen molar-refractivity contribution in [2.45, 2.75) is 0 Å². The minimum Gasteiger partial charge on any atom is -0.228 e. The maximum absolute atomic E-state index is 5.22. The SMILES string of the molecule is c1ccc(-c2nc(-c3ccc4ccccc4c3)cc(-c3ccc(-c4ccc(-c5ccc(-c6c7ccccc7cc7c6ccc6ccccc67)cc5)cc4)c4ccccc34)n2)cc1. The van der Waals surface area contributed by atoms with Gasteiger partial charge >= 0.3 is 0 Å². The third-order valence-corrected chi connectivity index (χ3v) is 12.5. The van der Waals surface area contributed by atoms with Gasteiger partial charge in [0.05, 0.1) is 11.4 Å². The summed E-state index contributed by atoms with van der Waals surface area (Å²) < 4.78 is 0. The van der Waals surface area contributed by atoms with Crippen molar-refractivity contribution in [3.8, 4) is 67.3 Å². The summed E-state index contributed by atoms with van der Waals surface area (Å²) >= 11 is 0. The zero-order valence-corrected chi connectivity index (χ0v) is 33.8. The molecule has 0 saturated carbocycles. The van der Waals surface area contributed by atoms with Gasteiger partial charge in [-0.1, -0.05) is 212 Å². The molecule has 12 aromatic rings. The highest BCUT2D eigenvalue weighted by molar-refractivity contribution is 6.20. The van der Waals surface area contributed by atoms with E-state index in [1.165, 1.54) is 81.9 Å². The van der Waals surface area contributed by atoms with Crippen molar-refractivity contribution in [1.82, 2.24) is 9.97 Å². The van der Waals surface area contributed by atoms with Crippen LogP contribution >= 0.6 is 0 Å². The standard InChI is InChI=1S/C60H38N2/c1-2-14-45(15-3-1)60-61-57(48-31-26-39-12-4-5-16-46(39)36-48)38-58(62-60)54-35-34-50(52-20-10-11-21-53(52)54)43-27-22-40(23-28-43)41-24-29-44(30-25-41)59-51-19-9-7-17-47(51)37-56-49-18-8-6-13-42(49)32-33-55(56)59/h1-38H. The van der Waals surface area contributed by atoms with Gasteiger partial charge in [-0.25, -0.2) is 9.97 Å². The van der Waals surface area contributed by atoms with Crippen LogP contribution in [0.2, 0.25) is 0 Å². The summed E-state index contributed by atoms with van der Waals surface area (Å²) in [5, 5.41) is 12.4. The first-order chi connectivity index (χ1) is 30.7. The van der Waals surface area contributed by atoms with Gasteiger partial charge in [-0.15, -0.1) is 0 Å². The number of fused-ring (bicyclic) bond motifs is 6. The van der Waals surface area contributed by atoms with Crippen molar-refractivity contribution >= 4 is 53.9 Å². The average molecular weight is 787 g/mol. The van der Waals surface area contributed by atoms with Gasteiger partial charge in [0.2, 0.25) is 0 Å². The molecule has 2 nitrogen and oxygen atoms in total. The number of hydrogen-bond acceptors (Lipinski definition) is 2. The molecule has 1 aromatic heterocycles. The fourth-order valence-corrected chi connectivity index (χ4v) is 9.38. The third-order valence-electron chi connectivity index (χ3n) is 12.5. The third kappa shape index (κ3) is 6.20. The summed E-state index contributed by atoms with van der Waals surface area (Å²) in [5.74, 6) is 0.710. The number of hydrogen-bond donors (Lipinski definition) is 0. The molecule has 288 valence electrons. The molecular formula is C60H38N2. The topological polar surface area (TPSA) is 25.8 Å². The van der Waals surface area contributed by atoms with E-state index in [1.807, 2.05) is 18.2 Å². The fraction of sp³-hybridized carbons (Fsp3) is 0. The number of rotatable bonds is 6. The molecule has 0 N–H and O–H groups in total. The molecule has 0 radical (unpaired) electrons. The van der Waals surface area contributed by atoms with E-state index >= 15 is 0 Å². The largest absolute Gasteiger partial charge is 0.228 e. The predicted octanol–water partition coefficient (Wildman–Crippen LogP) is 16.2. The van der Waals surface area contributed by atoms with Crippen molar-refractivity contribution in [2.24, 2.45) is 0 Å². The van der Waals surface area contributed by atoms with Crippen LogP contribution in [-0.2, 0) is 0 Å². The van der Waals surface area contributed by atoms with E-state index in [9.17, 15) is 0 Å². The first-order valence-corrected chi connectivity index (χ1v) is 21.2. The Morgan fingerprint density at radius 3 is 1.52 bits per heavy atom. The monoisotopic (exact) mass is 786 g/mol. The average Bonchev–Trinajstić information content (AvgIpc) is 3.35. The van der Waals surface area contributed by atoms with Crippen LogP contribution in [0, 0.1) is 0 Å². The zero-order valence-electron chi connectivity index (χ0n) is 33.8. The molecule has 0 bridgehead atoms. The lowest BCUT2D eigenvalue weighted by Crippen LogP contribution is -1.97. The van der Waals surface area contributed by atoms with Crippen molar-refractivity contribution in [3.63, 3.8) is 0 Å². The number of aromatic nitrogens is 2. The normalized spacial score (nSPS) is 11.5. The molecule has 0 aliphatic rings. The van der Waals surface area contributed by atoms with E-state index in [4.69, 9.17) is 9.97 Å². The van der Waals surface area contributed by atoms with E-state index in [1.54, 1.807) is 0 Å². The lowest BCUT2D eigenvalue weighted by Gasteiger charge is -2.15. The Morgan fingerprint density at radius 2 is 0.758 bits per heavy atom. The molecule has 0 fully saturated rings. The number of nitrogens with zero attached hydrogens (tertiary/aromatic N) is 2. The summed E-state index contributed by atoms with van der Waals surface area (Å²) in [4.78, 5) is 10.3. The maximum Gasteiger partial charge on any atom is 0.160 e. The lowest BCUT2D eigenvalue weighted by atomic mass is 9.89. The van der Waals surface area contributed by atoms with Crippen LogP contribution in [-0.4, -0.2) is 9.97 Å². The molecule has 0 atom stereocenters. The molecule has 62 heavy (non-hydrogen) atoms. The molecule has 0 unspecified atom stereocenters. The Bertz CT molecular complexity index is 3660. The highest BCUT2D eigenvalue weighted by atomic mass is 14.9. The maximum atomic E-state index is 5.22. The lowest BCUT2D eigenvalue weighted by molar-refractivity contribution is 1.19. The highest BCUT2D eigenvalue weighted by Crippen LogP contribution is 2.41. The summed E-state index contributed by atoms with van der Waals surface area (Å²) in [6.07, 6.45) is 0. The van der Waals surface area contributed by atoms with Gasteiger partial charge in [-0.05, 0) is 105 Å². The predicted molar refractivity (Wildman–Crippen MR) is 262 cm³/mol. The second kappa shape index (κ2) is 14.8. The van der Waals surface area contributed by atoms with Crippen LogP contribution in [0.5, 0.6) is 0 Å². The minimum absolute atomic E-state index is 0.710. The molecule has 0 aliphatic carbocycles. The summed E-state index contributed by atoms with van der Waals surface area (Å²) in [6.45, 7) is 0. The molecule has 2 heteroatoms. The minimum atomic E-state index is 0.710. The molecule has 12 rings (SSSR count). The summed E-state index contributed by atoms with van der Waals surface area (Å²) in [5.41, 5.74) is 12.2. The van der Waals surface area contributed by atoms with Crippen LogP contribution in [0.4, 0.5) is 0 Å². The molecule has 0 spiro atoms. The van der Waals surface area contributed by atoms with Crippen molar-refractivity contribution in [3.05, 3.63) is 231 Å². The Hall–Kier alpha value is -8.20. The van der Waals surface area contributed by atoms with Crippen LogP contribution < -0.4 is 0 Å². The second-order valence-electron chi connectivity index (χ2n) is 16.1. The zero-order chi connectivity index (χ0) is 41.0. The van der Waals surface area contributed by atoms with Crippen molar-refractivity contribution in [1.29, 1.82) is 0 Å². The van der Waals surface area contributed by atoms with Gasteiger partial charge in [0.1, 0.15) is 0 Å². The molecule has 11 aromatic carbocycles. The molecular weight excluding hydrogens is 749 g/mol. The van der Waals surface area contributed by atoms with E-state index in [0.717, 1.165) is 33.5 Å². The Labute approximate surface area is 360 Å². The van der Waals surface area contributed by atoms with Crippen LogP contribution in [0.3, 0.4) is 0 Å². The van der Waals surface area contributed by atoms with Gasteiger partial charge in [-0.3, -0.25) is 0 Å². The van der Waals surface area contributed by atoms with Gasteiger partial charge in [0.25, 0.3) is 0 Å². The van der Waals surface area contributed by atoms with Crippen molar-refractivity contribution in [2.75, 3.05) is 0 Å². The van der Waals surface area contributed by atoms with Crippen LogP contribution in [0.1, 0.15) is 0 Å². The molecule has 0 saturated heterocycles. The van der Waals surface area contributed by atoms with Crippen LogP contribution in [0.25, 0.3) is 121 Å². The second-order valence-corrected chi connectivity index (χ2v) is 16.1. The highest BCUT2D eigenvalue weighted by Gasteiger charge is 2.16. The number of benzene rings is 11. The summed E-state index contributed by atoms with van der Waals surface area (Å²) in [6, 6.07) is 83.1. The quantitative estimate of drug-likeness (QED) is 0.124. The Morgan fingerprint density at radius 1 is 0.226 bits per heavy atom. The Balaban J connectivity index is 0.906. The van der Waals surface area contributed by atoms with Gasteiger partial charge in [0.15, 0.2) is 5.82 Å². The fourth-order valence-electron chi connectivity index (χ4n) is 9.38. The smallest absolute Gasteiger partial charge is 0.160 e. The van der Waals surface area contributed by atoms with E-state index < -0.39 is 0 Å². The van der Waals surface area contributed by atoms with Gasteiger partial charge < -0.3 is 0 Å². The molecule has 0 aliphatic heterocycles. The van der Waals surface area contributed by atoms with Crippen molar-refractivity contribution < 1.29 is 0 Å². The van der Waals surface area contributed by atoms with Crippen LogP contribution in [0.15, 0.2) is 231 Å². The Kier molecular flexibility index (Phi) is 8.53.